The van der Waals surface area contributed by atoms with Crippen molar-refractivity contribution in [2.45, 2.75) is 37.0 Å². The highest BCUT2D eigenvalue weighted by Gasteiger charge is 2.70. The molecule has 0 spiro atoms. The molecule has 6 atom stereocenters. The van der Waals surface area contributed by atoms with E-state index in [0.29, 0.717) is 44.9 Å². The Morgan fingerprint density at radius 3 is 2.28 bits per heavy atom. The molecule has 5 aromatic rings. The average molecular weight is 933 g/mol. The number of pyridine rings is 1. The number of amides is 4. The number of anilines is 2. The molecule has 2 saturated heterocycles. The topological polar surface area (TPSA) is 129 Å². The molecule has 16 heteroatoms. The lowest BCUT2D eigenvalue weighted by molar-refractivity contribution is -0.139. The van der Waals surface area contributed by atoms with E-state index in [0.717, 1.165) is 10.0 Å². The van der Waals surface area contributed by atoms with Crippen LogP contribution in [0.15, 0.2) is 125 Å². The van der Waals surface area contributed by atoms with Gasteiger partial charge in [0.2, 0.25) is 11.8 Å². The molecular formula is C45H32BrCl2F3N4O6. The van der Waals surface area contributed by atoms with Crippen LogP contribution in [0, 0.1) is 23.7 Å². The van der Waals surface area contributed by atoms with Crippen LogP contribution < -0.4 is 15.1 Å². The monoisotopic (exact) mass is 930 g/mol. The standard InChI is InChI=1S/C45H32BrCl2F3N4O6/c46-26-8-12-28(13-9-26)54-40(57)32-17-16-30-33(37(32)42(54)59)20-34-41(58)55(53-39-35(48)18-25(21-52-39)45(49,50)51)43(60)44(34,24-6-10-27(47)11-7-24)38(30)31-15-14-29(19-36(31)56)61-22-23-4-2-1-3-5-23/h1-16,18-19,21,32-34,37-38,56H,17,20,22H2,(H,52,53)/t32-,33+,34-,37-,38+,44+/m0/s1. The first-order valence-electron chi connectivity index (χ1n) is 19.1. The van der Waals surface area contributed by atoms with E-state index in [9.17, 15) is 27.9 Å². The fourth-order valence-corrected chi connectivity index (χ4v) is 10.2. The van der Waals surface area contributed by atoms with Crippen LogP contribution >= 0.6 is 39.1 Å². The van der Waals surface area contributed by atoms with Crippen LogP contribution in [-0.2, 0) is 37.4 Å². The molecule has 0 bridgehead atoms. The number of nitrogens with one attached hydrogen (secondary N) is 1. The van der Waals surface area contributed by atoms with Crippen molar-refractivity contribution >= 4 is 74.3 Å². The number of carbonyl (C=O) groups excluding carboxylic acids is 4. The van der Waals surface area contributed by atoms with E-state index in [1.54, 1.807) is 60.7 Å². The fourth-order valence-electron chi connectivity index (χ4n) is 9.57. The molecule has 9 rings (SSSR count). The molecule has 310 valence electrons. The van der Waals surface area contributed by atoms with Gasteiger partial charge in [-0.3, -0.25) is 29.5 Å². The maximum Gasteiger partial charge on any atom is 0.417 e. The Labute approximate surface area is 365 Å². The number of alkyl halides is 3. The molecule has 2 aliphatic heterocycles. The molecule has 1 saturated carbocycles. The number of hydrazine groups is 1. The number of aromatic hydroxyl groups is 1. The predicted molar refractivity (Wildman–Crippen MR) is 222 cm³/mol. The Morgan fingerprint density at radius 1 is 0.885 bits per heavy atom. The molecule has 4 aliphatic rings. The summed E-state index contributed by atoms with van der Waals surface area (Å²) in [5.74, 6) is -7.70. The SMILES string of the molecule is O=C1[C@@H]2C[C@@H]3C(=CC[C@@H]4C(=O)N(c5ccc(Br)cc5)C(=O)[C@@H]43)[C@H](c3ccc(OCc4ccccc4)cc3O)[C@]2(c2ccc(Cl)cc2)C(=O)N1Nc1ncc(C(F)(F)F)cc1Cl. The van der Waals surface area contributed by atoms with Gasteiger partial charge in [0.15, 0.2) is 5.82 Å². The molecule has 10 nitrogen and oxygen atoms in total. The van der Waals surface area contributed by atoms with Gasteiger partial charge in [-0.1, -0.05) is 99.3 Å². The molecule has 3 heterocycles. The molecule has 3 fully saturated rings. The van der Waals surface area contributed by atoms with Crippen molar-refractivity contribution in [2.24, 2.45) is 23.7 Å². The van der Waals surface area contributed by atoms with E-state index in [2.05, 4.69) is 26.3 Å². The third kappa shape index (κ3) is 6.75. The van der Waals surface area contributed by atoms with Crippen molar-refractivity contribution in [3.8, 4) is 11.5 Å². The van der Waals surface area contributed by atoms with Gasteiger partial charge in [-0.05, 0) is 78.4 Å². The Hall–Kier alpha value is -5.70. The molecule has 0 unspecified atom stereocenters. The second-order valence-corrected chi connectivity index (χ2v) is 17.2. The second kappa shape index (κ2) is 15.3. The number of phenols is 1. The summed E-state index contributed by atoms with van der Waals surface area (Å²) in [6.45, 7) is 0.190. The Morgan fingerprint density at radius 2 is 1.61 bits per heavy atom. The zero-order valence-electron chi connectivity index (χ0n) is 31.6. The third-order valence-electron chi connectivity index (χ3n) is 12.2. The summed E-state index contributed by atoms with van der Waals surface area (Å²) in [5, 5.41) is 12.6. The van der Waals surface area contributed by atoms with E-state index >= 15 is 9.59 Å². The lowest BCUT2D eigenvalue weighted by Gasteiger charge is -2.50. The minimum absolute atomic E-state index is 0.0880. The first-order chi connectivity index (χ1) is 29.2. The minimum Gasteiger partial charge on any atom is -0.508 e. The largest absolute Gasteiger partial charge is 0.508 e. The van der Waals surface area contributed by atoms with Gasteiger partial charge in [-0.15, -0.1) is 0 Å². The number of hydrogen-bond donors (Lipinski definition) is 2. The Bertz CT molecular complexity index is 2650. The lowest BCUT2D eigenvalue weighted by atomic mass is 9.49. The summed E-state index contributed by atoms with van der Waals surface area (Å²) >= 11 is 16.1. The summed E-state index contributed by atoms with van der Waals surface area (Å²) in [5.41, 5.74) is 2.03. The van der Waals surface area contributed by atoms with Crippen molar-refractivity contribution < 1.29 is 42.2 Å². The summed E-state index contributed by atoms with van der Waals surface area (Å²) in [7, 11) is 0. The van der Waals surface area contributed by atoms with Gasteiger partial charge in [0.25, 0.3) is 11.8 Å². The van der Waals surface area contributed by atoms with Gasteiger partial charge in [-0.25, -0.2) is 4.98 Å². The number of carbonyl (C=O) groups is 4. The zero-order chi connectivity index (χ0) is 43.0. The van der Waals surface area contributed by atoms with E-state index in [4.69, 9.17) is 27.9 Å². The summed E-state index contributed by atoms with van der Waals surface area (Å²) < 4.78 is 47.5. The number of fused-ring (bicyclic) bond motifs is 4. The highest BCUT2D eigenvalue weighted by atomic mass is 79.9. The molecule has 4 aromatic carbocycles. The van der Waals surface area contributed by atoms with Gasteiger partial charge >= 0.3 is 6.18 Å². The quantitative estimate of drug-likeness (QED) is 0.116. The summed E-state index contributed by atoms with van der Waals surface area (Å²) in [6.07, 6.45) is -2.37. The molecule has 0 radical (unpaired) electrons. The van der Waals surface area contributed by atoms with Crippen molar-refractivity contribution in [3.05, 3.63) is 158 Å². The number of ether oxygens (including phenoxy) is 1. The molecule has 1 aromatic heterocycles. The van der Waals surface area contributed by atoms with Crippen LogP contribution in [-0.4, -0.2) is 38.7 Å². The summed E-state index contributed by atoms with van der Waals surface area (Å²) in [4.78, 5) is 64.2. The maximum atomic E-state index is 15.5. The van der Waals surface area contributed by atoms with Gasteiger partial charge in [0, 0.05) is 33.2 Å². The Kier molecular flexibility index (Phi) is 10.2. The summed E-state index contributed by atoms with van der Waals surface area (Å²) in [6, 6.07) is 27.8. The molecule has 2 aliphatic carbocycles. The van der Waals surface area contributed by atoms with Crippen molar-refractivity contribution in [1.29, 1.82) is 0 Å². The van der Waals surface area contributed by atoms with Gasteiger partial charge in [-0.2, -0.15) is 18.2 Å². The Balaban J connectivity index is 1.20. The van der Waals surface area contributed by atoms with Gasteiger partial charge < -0.3 is 9.84 Å². The van der Waals surface area contributed by atoms with E-state index in [-0.39, 0.29) is 36.6 Å². The zero-order valence-corrected chi connectivity index (χ0v) is 34.7. The molecule has 2 N–H and O–H groups in total. The van der Waals surface area contributed by atoms with Gasteiger partial charge in [0.05, 0.1) is 39.4 Å². The maximum absolute atomic E-state index is 15.5. The van der Waals surface area contributed by atoms with Crippen LogP contribution in [0.25, 0.3) is 0 Å². The molecular weight excluding hydrogens is 900 g/mol. The number of hydrogen-bond acceptors (Lipinski definition) is 8. The van der Waals surface area contributed by atoms with E-state index in [1.807, 2.05) is 36.4 Å². The van der Waals surface area contributed by atoms with Crippen molar-refractivity contribution in [2.75, 3.05) is 10.3 Å². The minimum atomic E-state index is -4.77. The first kappa shape index (κ1) is 40.7. The number of phenolic OH excluding ortho intramolecular Hbond substituents is 1. The van der Waals surface area contributed by atoms with Crippen molar-refractivity contribution in [3.63, 3.8) is 0 Å². The normalized spacial score (nSPS) is 24.6. The van der Waals surface area contributed by atoms with Crippen LogP contribution in [0.5, 0.6) is 11.5 Å². The highest BCUT2D eigenvalue weighted by molar-refractivity contribution is 9.10. The van der Waals surface area contributed by atoms with Crippen LogP contribution in [0.4, 0.5) is 24.7 Å². The van der Waals surface area contributed by atoms with Crippen LogP contribution in [0.2, 0.25) is 10.0 Å². The predicted octanol–water partition coefficient (Wildman–Crippen LogP) is 9.64. The third-order valence-corrected chi connectivity index (χ3v) is 13.3. The average Bonchev–Trinajstić information content (AvgIpc) is 3.62. The number of nitrogens with zero attached hydrogens (tertiary/aromatic N) is 3. The molecule has 4 amide bonds. The molecule has 61 heavy (non-hydrogen) atoms. The van der Waals surface area contributed by atoms with E-state index < -0.39 is 75.4 Å². The van der Waals surface area contributed by atoms with Crippen molar-refractivity contribution in [1.82, 2.24) is 9.99 Å². The number of aromatic nitrogens is 1. The van der Waals surface area contributed by atoms with Gasteiger partial charge in [0.1, 0.15) is 18.1 Å². The highest BCUT2D eigenvalue weighted by Crippen LogP contribution is 2.65. The number of rotatable bonds is 8. The number of allylic oxidation sites excluding steroid dienone is 2. The van der Waals surface area contributed by atoms with Crippen LogP contribution in [0.1, 0.15) is 41.0 Å². The smallest absolute Gasteiger partial charge is 0.417 e. The van der Waals surface area contributed by atoms with Crippen LogP contribution in [0.3, 0.4) is 0 Å². The number of benzene rings is 4. The second-order valence-electron chi connectivity index (χ2n) is 15.4. The first-order valence-corrected chi connectivity index (χ1v) is 20.7. The van der Waals surface area contributed by atoms with E-state index in [1.165, 1.54) is 11.0 Å². The fraction of sp³-hybridized carbons (Fsp3) is 0.222. The lowest BCUT2D eigenvalue weighted by Crippen LogP contribution is -2.53. The number of halogens is 6. The number of imide groups is 2.